The normalized spacial score (nSPS) is 28.6. The summed E-state index contributed by atoms with van der Waals surface area (Å²) in [6.07, 6.45) is 1.48. The van der Waals surface area contributed by atoms with Gasteiger partial charge in [-0.2, -0.15) is 0 Å². The molecule has 6 heteroatoms. The molecule has 1 atom stereocenters. The number of rotatable bonds is 1. The van der Waals surface area contributed by atoms with Crippen LogP contribution >= 0.6 is 0 Å². The summed E-state index contributed by atoms with van der Waals surface area (Å²) in [6, 6.07) is 7.97. The van der Waals surface area contributed by atoms with Gasteiger partial charge in [0.05, 0.1) is 23.6 Å². The van der Waals surface area contributed by atoms with Gasteiger partial charge in [-0.15, -0.1) is 0 Å². The maximum Gasteiger partial charge on any atom is 0.196 e. The molecule has 1 aromatic rings. The summed E-state index contributed by atoms with van der Waals surface area (Å²) in [5.74, 6) is 0.833. The second-order valence-electron chi connectivity index (χ2n) is 5.77. The van der Waals surface area contributed by atoms with Crippen molar-refractivity contribution in [1.82, 2.24) is 0 Å². The van der Waals surface area contributed by atoms with E-state index in [0.29, 0.717) is 18.9 Å². The Balaban J connectivity index is 2.02. The molecule has 0 aliphatic carbocycles. The summed E-state index contributed by atoms with van der Waals surface area (Å²) >= 11 is 0. The zero-order valence-electron chi connectivity index (χ0n) is 11.5. The van der Waals surface area contributed by atoms with E-state index in [1.807, 2.05) is 36.1 Å². The van der Waals surface area contributed by atoms with Crippen molar-refractivity contribution in [2.75, 3.05) is 23.0 Å². The van der Waals surface area contributed by atoms with E-state index in [0.717, 1.165) is 17.7 Å². The quantitative estimate of drug-likeness (QED) is 0.840. The maximum atomic E-state index is 12.0. The SMILES string of the molecule is Cc1ccc(N2C(N)=NCC23CCCS(=O)(=O)C3)cc1. The Morgan fingerprint density at radius 1 is 1.30 bits per heavy atom. The van der Waals surface area contributed by atoms with E-state index in [2.05, 4.69) is 4.99 Å². The van der Waals surface area contributed by atoms with Crippen LogP contribution in [0.15, 0.2) is 29.3 Å². The molecule has 2 aliphatic heterocycles. The lowest BCUT2D eigenvalue weighted by molar-refractivity contribution is 0.434. The maximum absolute atomic E-state index is 12.0. The van der Waals surface area contributed by atoms with E-state index >= 15 is 0 Å². The molecule has 1 unspecified atom stereocenters. The number of aryl methyl sites for hydroxylation is 1. The molecule has 1 spiro atoms. The Morgan fingerprint density at radius 2 is 2.00 bits per heavy atom. The highest BCUT2D eigenvalue weighted by molar-refractivity contribution is 7.91. The first-order valence-electron chi connectivity index (χ1n) is 6.79. The zero-order chi connectivity index (χ0) is 14.4. The zero-order valence-corrected chi connectivity index (χ0v) is 12.4. The monoisotopic (exact) mass is 293 g/mol. The first-order chi connectivity index (χ1) is 9.42. The molecule has 1 saturated heterocycles. The van der Waals surface area contributed by atoms with Crippen molar-refractivity contribution in [1.29, 1.82) is 0 Å². The minimum absolute atomic E-state index is 0.137. The van der Waals surface area contributed by atoms with Gasteiger partial charge in [0.2, 0.25) is 0 Å². The Labute approximate surface area is 119 Å². The van der Waals surface area contributed by atoms with Crippen LogP contribution in [0.25, 0.3) is 0 Å². The van der Waals surface area contributed by atoms with Gasteiger partial charge in [0, 0.05) is 5.69 Å². The molecule has 2 aliphatic rings. The number of anilines is 1. The lowest BCUT2D eigenvalue weighted by atomic mass is 9.93. The Bertz CT molecular complexity index is 652. The van der Waals surface area contributed by atoms with Crippen LogP contribution in [-0.2, 0) is 9.84 Å². The molecule has 0 aromatic heterocycles. The standard InChI is InChI=1S/C14H19N3O2S/c1-11-3-5-12(6-4-11)17-13(15)16-9-14(17)7-2-8-20(18,19)10-14/h3-6H,2,7-10H2,1H3,(H2,15,16). The highest BCUT2D eigenvalue weighted by Crippen LogP contribution is 2.36. The summed E-state index contributed by atoms with van der Waals surface area (Å²) < 4.78 is 24.1. The lowest BCUT2D eigenvalue weighted by Crippen LogP contribution is -2.58. The third kappa shape index (κ3) is 2.18. The average molecular weight is 293 g/mol. The van der Waals surface area contributed by atoms with Crippen molar-refractivity contribution < 1.29 is 8.42 Å². The highest BCUT2D eigenvalue weighted by atomic mass is 32.2. The molecule has 5 nitrogen and oxygen atoms in total. The fraction of sp³-hybridized carbons (Fsp3) is 0.500. The molecule has 2 heterocycles. The van der Waals surface area contributed by atoms with Gasteiger partial charge in [-0.05, 0) is 31.9 Å². The van der Waals surface area contributed by atoms with Gasteiger partial charge in [-0.3, -0.25) is 4.99 Å². The third-order valence-electron chi connectivity index (χ3n) is 4.12. The molecule has 0 bridgehead atoms. The number of hydrogen-bond acceptors (Lipinski definition) is 5. The van der Waals surface area contributed by atoms with Gasteiger partial charge in [0.15, 0.2) is 15.8 Å². The minimum Gasteiger partial charge on any atom is -0.369 e. The molecule has 1 fully saturated rings. The van der Waals surface area contributed by atoms with Crippen LogP contribution in [0.1, 0.15) is 18.4 Å². The van der Waals surface area contributed by atoms with Crippen molar-refractivity contribution >= 4 is 21.5 Å². The molecule has 0 radical (unpaired) electrons. The third-order valence-corrected chi connectivity index (χ3v) is 6.00. The predicted molar refractivity (Wildman–Crippen MR) is 80.8 cm³/mol. The second kappa shape index (κ2) is 4.48. The second-order valence-corrected chi connectivity index (χ2v) is 7.95. The van der Waals surface area contributed by atoms with E-state index in [9.17, 15) is 8.42 Å². The largest absolute Gasteiger partial charge is 0.369 e. The number of sulfone groups is 1. The van der Waals surface area contributed by atoms with Crippen molar-refractivity contribution in [3.05, 3.63) is 29.8 Å². The van der Waals surface area contributed by atoms with E-state index in [1.165, 1.54) is 0 Å². The van der Waals surface area contributed by atoms with Crippen LogP contribution in [0.2, 0.25) is 0 Å². The topological polar surface area (TPSA) is 75.8 Å². The Morgan fingerprint density at radius 3 is 2.65 bits per heavy atom. The van der Waals surface area contributed by atoms with Crippen LogP contribution in [0.5, 0.6) is 0 Å². The molecule has 0 amide bonds. The molecule has 20 heavy (non-hydrogen) atoms. The highest BCUT2D eigenvalue weighted by Gasteiger charge is 2.48. The van der Waals surface area contributed by atoms with Crippen molar-refractivity contribution in [3.8, 4) is 0 Å². The van der Waals surface area contributed by atoms with E-state index in [4.69, 9.17) is 5.73 Å². The summed E-state index contributed by atoms with van der Waals surface area (Å²) in [4.78, 5) is 6.23. The molecule has 0 saturated carbocycles. The van der Waals surface area contributed by atoms with Gasteiger partial charge < -0.3 is 10.6 Å². The fourth-order valence-corrected chi connectivity index (χ4v) is 5.10. The molecule has 1 aromatic carbocycles. The van der Waals surface area contributed by atoms with Crippen LogP contribution < -0.4 is 10.6 Å². The molecule has 3 rings (SSSR count). The number of nitrogens with two attached hydrogens (primary N) is 1. The summed E-state index contributed by atoms with van der Waals surface area (Å²) in [6.45, 7) is 2.48. The number of benzene rings is 1. The van der Waals surface area contributed by atoms with Crippen molar-refractivity contribution in [2.45, 2.75) is 25.3 Å². The number of hydrogen-bond donors (Lipinski definition) is 1. The predicted octanol–water partition coefficient (Wildman–Crippen LogP) is 1.08. The molecular weight excluding hydrogens is 274 g/mol. The van der Waals surface area contributed by atoms with Gasteiger partial charge in [0.25, 0.3) is 0 Å². The molecule has 108 valence electrons. The summed E-state index contributed by atoms with van der Waals surface area (Å²) in [7, 11) is -3.02. The number of aliphatic imine (C=N–C) groups is 1. The van der Waals surface area contributed by atoms with Gasteiger partial charge in [-0.1, -0.05) is 17.7 Å². The Kier molecular flexibility index (Phi) is 3.01. The molecular formula is C14H19N3O2S. The van der Waals surface area contributed by atoms with Gasteiger partial charge in [0.1, 0.15) is 0 Å². The van der Waals surface area contributed by atoms with Crippen molar-refractivity contribution in [2.24, 2.45) is 10.7 Å². The summed E-state index contributed by atoms with van der Waals surface area (Å²) in [5, 5.41) is 0. The van der Waals surface area contributed by atoms with Crippen LogP contribution in [0.4, 0.5) is 5.69 Å². The van der Waals surface area contributed by atoms with E-state index < -0.39 is 15.4 Å². The fourth-order valence-electron chi connectivity index (χ4n) is 3.19. The van der Waals surface area contributed by atoms with Crippen LogP contribution in [-0.4, -0.2) is 38.0 Å². The van der Waals surface area contributed by atoms with Crippen molar-refractivity contribution in [3.63, 3.8) is 0 Å². The first-order valence-corrected chi connectivity index (χ1v) is 8.61. The number of nitrogens with zero attached hydrogens (tertiary/aromatic N) is 2. The van der Waals surface area contributed by atoms with Gasteiger partial charge in [-0.25, -0.2) is 8.42 Å². The van der Waals surface area contributed by atoms with Crippen LogP contribution in [0, 0.1) is 6.92 Å². The van der Waals surface area contributed by atoms with Crippen LogP contribution in [0.3, 0.4) is 0 Å². The molecule has 2 N–H and O–H groups in total. The number of guanidine groups is 1. The lowest BCUT2D eigenvalue weighted by Gasteiger charge is -2.41. The minimum atomic E-state index is -3.02. The van der Waals surface area contributed by atoms with E-state index in [1.54, 1.807) is 0 Å². The van der Waals surface area contributed by atoms with Gasteiger partial charge >= 0.3 is 0 Å². The van der Waals surface area contributed by atoms with E-state index in [-0.39, 0.29) is 11.5 Å². The average Bonchev–Trinajstić information content (AvgIpc) is 2.66. The summed E-state index contributed by atoms with van der Waals surface area (Å²) in [5.41, 5.74) is 7.62. The first kappa shape index (κ1) is 13.4. The smallest absolute Gasteiger partial charge is 0.196 e. The Hall–Kier alpha value is -1.56.